The van der Waals surface area contributed by atoms with E-state index in [2.05, 4.69) is 4.98 Å². The van der Waals surface area contributed by atoms with Crippen molar-refractivity contribution < 1.29 is 18.3 Å². The summed E-state index contributed by atoms with van der Waals surface area (Å²) < 4.78 is 35.3. The van der Waals surface area contributed by atoms with Crippen molar-refractivity contribution in [3.8, 4) is 5.75 Å². The molecular weight excluding hydrogens is 328 g/mol. The van der Waals surface area contributed by atoms with E-state index in [0.29, 0.717) is 23.5 Å². The van der Waals surface area contributed by atoms with Crippen molar-refractivity contribution >= 4 is 11.6 Å². The van der Waals surface area contributed by atoms with Gasteiger partial charge < -0.3 is 10.5 Å². The first-order valence-corrected chi connectivity index (χ1v) is 7.96. The zero-order valence-corrected chi connectivity index (χ0v) is 14.3. The Kier molecular flexibility index (Phi) is 4.32. The lowest BCUT2D eigenvalue weighted by molar-refractivity contribution is 0.0994. The molecule has 1 amide bonds. The molecule has 2 aromatic heterocycles. The number of nitrogens with zero attached hydrogens (tertiary/aromatic N) is 2. The lowest BCUT2D eigenvalue weighted by Gasteiger charge is -2.18. The second-order valence-electron chi connectivity index (χ2n) is 6.29. The summed E-state index contributed by atoms with van der Waals surface area (Å²) in [7, 11) is 0. The third kappa shape index (κ3) is 3.01. The summed E-state index contributed by atoms with van der Waals surface area (Å²) in [4.78, 5) is 16.0. The molecule has 0 bridgehead atoms. The first-order chi connectivity index (χ1) is 11.8. The van der Waals surface area contributed by atoms with Gasteiger partial charge >= 0.3 is 0 Å². The molecule has 132 valence electrons. The predicted molar refractivity (Wildman–Crippen MR) is 89.8 cm³/mol. The number of pyridine rings is 1. The van der Waals surface area contributed by atoms with Gasteiger partial charge in [-0.05, 0) is 38.0 Å². The molecule has 0 radical (unpaired) electrons. The van der Waals surface area contributed by atoms with Gasteiger partial charge in [0.25, 0.3) is 5.91 Å². The molecule has 2 aromatic rings. The van der Waals surface area contributed by atoms with E-state index < -0.39 is 17.6 Å². The van der Waals surface area contributed by atoms with Gasteiger partial charge in [0.05, 0.1) is 11.3 Å². The van der Waals surface area contributed by atoms with Gasteiger partial charge in [-0.3, -0.25) is 9.20 Å². The van der Waals surface area contributed by atoms with Crippen LogP contribution in [0.3, 0.4) is 0 Å². The Bertz CT molecular complexity index is 928. The van der Waals surface area contributed by atoms with Crippen molar-refractivity contribution in [1.29, 1.82) is 0 Å². The van der Waals surface area contributed by atoms with Crippen LogP contribution in [0.5, 0.6) is 5.75 Å². The van der Waals surface area contributed by atoms with Crippen molar-refractivity contribution in [3.05, 3.63) is 52.5 Å². The molecule has 1 aliphatic carbocycles. The molecule has 0 saturated carbocycles. The minimum absolute atomic E-state index is 0.0863. The Labute approximate surface area is 143 Å². The average molecular weight is 347 g/mol. The van der Waals surface area contributed by atoms with E-state index in [1.807, 2.05) is 6.92 Å². The summed E-state index contributed by atoms with van der Waals surface area (Å²) >= 11 is 0. The van der Waals surface area contributed by atoms with Gasteiger partial charge in [-0.25, -0.2) is 13.8 Å². The minimum atomic E-state index is -0.606. The Hall–Kier alpha value is -2.70. The molecule has 0 aromatic carbocycles. The number of imidazole rings is 1. The van der Waals surface area contributed by atoms with Crippen molar-refractivity contribution in [2.75, 3.05) is 6.61 Å². The van der Waals surface area contributed by atoms with E-state index in [0.717, 1.165) is 5.56 Å². The summed E-state index contributed by atoms with van der Waals surface area (Å²) in [6.45, 7) is 4.92. The largest absolute Gasteiger partial charge is 0.485 e. The van der Waals surface area contributed by atoms with Crippen LogP contribution in [0.25, 0.3) is 5.65 Å². The highest BCUT2D eigenvalue weighted by Gasteiger charge is 2.23. The van der Waals surface area contributed by atoms with Gasteiger partial charge in [-0.15, -0.1) is 0 Å². The van der Waals surface area contributed by atoms with Gasteiger partial charge in [0.15, 0.2) is 11.4 Å². The Morgan fingerprint density at radius 1 is 1.44 bits per heavy atom. The molecule has 0 aliphatic heterocycles. The number of carbonyl (C=O) groups excluding carboxylic acids is 1. The third-order valence-electron chi connectivity index (χ3n) is 4.26. The number of fused-ring (bicyclic) bond motifs is 1. The highest BCUT2D eigenvalue weighted by atomic mass is 19.1. The van der Waals surface area contributed by atoms with Crippen LogP contribution >= 0.6 is 0 Å². The Balaban J connectivity index is 2.00. The fourth-order valence-corrected chi connectivity index (χ4v) is 2.97. The minimum Gasteiger partial charge on any atom is -0.485 e. The normalized spacial score (nSPS) is 17.8. The Morgan fingerprint density at radius 2 is 2.16 bits per heavy atom. The third-order valence-corrected chi connectivity index (χ3v) is 4.26. The number of aromatic nitrogens is 2. The summed E-state index contributed by atoms with van der Waals surface area (Å²) in [6, 6.07) is 1.71. The number of carbonyl (C=O) groups is 1. The van der Waals surface area contributed by atoms with E-state index in [9.17, 15) is 13.6 Å². The van der Waals surface area contributed by atoms with Gasteiger partial charge in [0.2, 0.25) is 0 Å². The number of hydrogen-bond donors (Lipinski definition) is 1. The maximum absolute atomic E-state index is 14.2. The monoisotopic (exact) mass is 347 g/mol. The maximum Gasteiger partial charge on any atom is 0.267 e. The zero-order valence-electron chi connectivity index (χ0n) is 14.3. The maximum atomic E-state index is 14.2. The molecule has 1 atom stereocenters. The van der Waals surface area contributed by atoms with Crippen LogP contribution in [-0.2, 0) is 0 Å². The van der Waals surface area contributed by atoms with Crippen molar-refractivity contribution in [2.45, 2.75) is 27.2 Å². The number of ether oxygens (including phenoxy) is 1. The Morgan fingerprint density at radius 3 is 2.84 bits per heavy atom. The summed E-state index contributed by atoms with van der Waals surface area (Å²) in [5.41, 5.74) is 7.22. The van der Waals surface area contributed by atoms with E-state index in [-0.39, 0.29) is 23.8 Å². The standard InChI is InChI=1S/C18H19F2N3O2/c1-9-6-14(18-22-11(3)16(17(21)24)23(18)7-9)25-8-12-13(19)5-4-10(2)15(12)20/h5-7,10H,4,8H2,1-3H3,(H2,21,24). The molecule has 1 aliphatic rings. The number of halogens is 2. The number of primary amides is 1. The topological polar surface area (TPSA) is 69.6 Å². The molecule has 25 heavy (non-hydrogen) atoms. The summed E-state index contributed by atoms with van der Waals surface area (Å²) in [5.74, 6) is -1.74. The highest BCUT2D eigenvalue weighted by Crippen LogP contribution is 2.32. The van der Waals surface area contributed by atoms with Crippen LogP contribution in [-0.4, -0.2) is 21.9 Å². The molecular formula is C18H19F2N3O2. The quantitative estimate of drug-likeness (QED) is 0.919. The van der Waals surface area contributed by atoms with Crippen molar-refractivity contribution in [1.82, 2.24) is 9.38 Å². The van der Waals surface area contributed by atoms with Gasteiger partial charge in [0.1, 0.15) is 24.0 Å². The molecule has 0 fully saturated rings. The van der Waals surface area contributed by atoms with E-state index >= 15 is 0 Å². The number of nitrogens with two attached hydrogens (primary N) is 1. The number of amides is 1. The van der Waals surface area contributed by atoms with Crippen LogP contribution in [0, 0.1) is 19.8 Å². The van der Waals surface area contributed by atoms with Crippen molar-refractivity contribution in [2.24, 2.45) is 11.7 Å². The van der Waals surface area contributed by atoms with Crippen LogP contribution < -0.4 is 10.5 Å². The lowest BCUT2D eigenvalue weighted by Crippen LogP contribution is -2.15. The van der Waals surface area contributed by atoms with Crippen LogP contribution in [0.1, 0.15) is 35.1 Å². The van der Waals surface area contributed by atoms with E-state index in [1.54, 1.807) is 30.5 Å². The lowest BCUT2D eigenvalue weighted by atomic mass is 9.96. The van der Waals surface area contributed by atoms with Gasteiger partial charge in [-0.1, -0.05) is 6.92 Å². The molecule has 7 heteroatoms. The number of aryl methyl sites for hydroxylation is 2. The van der Waals surface area contributed by atoms with Crippen LogP contribution in [0.4, 0.5) is 8.78 Å². The molecule has 1 unspecified atom stereocenters. The molecule has 0 saturated heterocycles. The summed E-state index contributed by atoms with van der Waals surface area (Å²) in [6.07, 6.45) is 3.41. The van der Waals surface area contributed by atoms with E-state index in [4.69, 9.17) is 10.5 Å². The first kappa shape index (κ1) is 17.1. The molecule has 2 N–H and O–H groups in total. The zero-order chi connectivity index (χ0) is 18.3. The summed E-state index contributed by atoms with van der Waals surface area (Å²) in [5, 5.41) is 0. The number of hydrogen-bond acceptors (Lipinski definition) is 3. The second kappa shape index (κ2) is 6.31. The predicted octanol–water partition coefficient (Wildman–Crippen LogP) is 3.55. The molecule has 2 heterocycles. The van der Waals surface area contributed by atoms with Crippen LogP contribution in [0.2, 0.25) is 0 Å². The smallest absolute Gasteiger partial charge is 0.267 e. The first-order valence-electron chi connectivity index (χ1n) is 7.96. The SMILES string of the molecule is Cc1cc(OCC2=C(F)C(C)CC=C2F)c2nc(C)c(C(N)=O)n2c1. The average Bonchev–Trinajstić information content (AvgIpc) is 2.87. The molecule has 3 rings (SSSR count). The fraction of sp³-hybridized carbons (Fsp3) is 0.333. The number of rotatable bonds is 4. The van der Waals surface area contributed by atoms with Gasteiger partial charge in [0, 0.05) is 12.1 Å². The number of allylic oxidation sites excluding steroid dienone is 2. The molecule has 5 nitrogen and oxygen atoms in total. The molecule has 0 spiro atoms. The second-order valence-corrected chi connectivity index (χ2v) is 6.29. The van der Waals surface area contributed by atoms with Gasteiger partial charge in [-0.2, -0.15) is 0 Å². The van der Waals surface area contributed by atoms with Crippen molar-refractivity contribution in [3.63, 3.8) is 0 Å². The van der Waals surface area contributed by atoms with E-state index in [1.165, 1.54) is 6.08 Å². The fourth-order valence-electron chi connectivity index (χ4n) is 2.97. The van der Waals surface area contributed by atoms with Crippen LogP contribution in [0.15, 0.2) is 35.6 Å². The highest BCUT2D eigenvalue weighted by molar-refractivity contribution is 5.93.